The Morgan fingerprint density at radius 1 is 1.07 bits per heavy atom. The molecule has 0 bridgehead atoms. The summed E-state index contributed by atoms with van der Waals surface area (Å²) >= 11 is 0. The Balaban J connectivity index is 1.44. The average molecular weight is 620 g/mol. The van der Waals surface area contributed by atoms with Gasteiger partial charge in [0.05, 0.1) is 23.5 Å². The first-order valence-corrected chi connectivity index (χ1v) is 15.8. The van der Waals surface area contributed by atoms with Crippen molar-refractivity contribution in [3.8, 4) is 0 Å². The normalized spacial score (nSPS) is 19.0. The van der Waals surface area contributed by atoms with Crippen LogP contribution >= 0.6 is 7.60 Å². The van der Waals surface area contributed by atoms with E-state index in [0.29, 0.717) is 36.2 Å². The lowest BCUT2D eigenvalue weighted by Gasteiger charge is -2.30. The van der Waals surface area contributed by atoms with Crippen molar-refractivity contribution in [1.82, 2.24) is 14.9 Å². The van der Waals surface area contributed by atoms with E-state index in [0.717, 1.165) is 36.8 Å². The van der Waals surface area contributed by atoms with Crippen molar-refractivity contribution in [3.63, 3.8) is 0 Å². The molecule has 1 aliphatic carbocycles. The van der Waals surface area contributed by atoms with Gasteiger partial charge in [-0.2, -0.15) is 18.2 Å². The van der Waals surface area contributed by atoms with E-state index >= 15 is 0 Å². The van der Waals surface area contributed by atoms with Gasteiger partial charge in [-0.15, -0.1) is 0 Å². The van der Waals surface area contributed by atoms with Crippen molar-refractivity contribution in [2.45, 2.75) is 63.5 Å². The Kier molecular flexibility index (Phi) is 8.80. The lowest BCUT2D eigenvalue weighted by atomic mass is 9.80. The third-order valence-corrected chi connectivity index (χ3v) is 8.54. The van der Waals surface area contributed by atoms with E-state index in [9.17, 15) is 22.5 Å². The van der Waals surface area contributed by atoms with E-state index in [2.05, 4.69) is 20.6 Å². The molecular formula is C29H33F3N5O5P. The monoisotopic (exact) mass is 619 g/mol. The molecule has 0 unspecified atom stereocenters. The number of benzene rings is 2. The van der Waals surface area contributed by atoms with Gasteiger partial charge in [-0.25, -0.2) is 4.98 Å². The second-order valence-electron chi connectivity index (χ2n) is 10.9. The van der Waals surface area contributed by atoms with E-state index in [1.165, 1.54) is 24.3 Å². The van der Waals surface area contributed by atoms with E-state index < -0.39 is 31.3 Å². The number of hydrogen-bond donors (Lipinski definition) is 4. The number of ether oxygens (including phenoxy) is 1. The average Bonchev–Trinajstić information content (AvgIpc) is 3.23. The highest BCUT2D eigenvalue weighted by atomic mass is 31.2. The number of alkyl halides is 3. The van der Waals surface area contributed by atoms with Crippen LogP contribution in [0, 0.1) is 0 Å². The van der Waals surface area contributed by atoms with E-state index in [-0.39, 0.29) is 29.6 Å². The predicted octanol–water partition coefficient (Wildman–Crippen LogP) is 6.31. The molecule has 1 aliphatic heterocycles. The molecule has 14 heteroatoms. The summed E-state index contributed by atoms with van der Waals surface area (Å²) in [5.41, 5.74) is 2.12. The smallest absolute Gasteiger partial charge is 0.379 e. The first-order valence-electron chi connectivity index (χ1n) is 14.0. The van der Waals surface area contributed by atoms with E-state index in [1.807, 2.05) is 13.0 Å². The zero-order chi connectivity index (χ0) is 30.9. The van der Waals surface area contributed by atoms with Gasteiger partial charge < -0.3 is 30.1 Å². The highest BCUT2D eigenvalue weighted by Crippen LogP contribution is 2.43. The maximum atomic E-state index is 14.0. The molecule has 1 saturated carbocycles. The van der Waals surface area contributed by atoms with Gasteiger partial charge in [0.1, 0.15) is 11.4 Å². The van der Waals surface area contributed by atoms with Gasteiger partial charge in [0.15, 0.2) is 0 Å². The Morgan fingerprint density at radius 2 is 1.77 bits per heavy atom. The van der Waals surface area contributed by atoms with Gasteiger partial charge in [0, 0.05) is 32.1 Å². The van der Waals surface area contributed by atoms with Crippen LogP contribution < -0.4 is 10.6 Å². The Labute approximate surface area is 246 Å². The minimum absolute atomic E-state index is 0.138. The van der Waals surface area contributed by atoms with Crippen LogP contribution in [0.4, 0.5) is 36.3 Å². The molecule has 0 radical (unpaired) electrons. The number of carbonyl (C=O) groups excluding carboxylic acids is 1. The number of amides is 1. The quantitative estimate of drug-likeness (QED) is 0.203. The summed E-state index contributed by atoms with van der Waals surface area (Å²) in [6, 6.07) is 9.55. The number of nitrogens with one attached hydrogen (secondary N) is 2. The maximum Gasteiger partial charge on any atom is 0.421 e. The number of carbonyl (C=O) groups is 1. The summed E-state index contributed by atoms with van der Waals surface area (Å²) in [5.74, 6) is -0.704. The fourth-order valence-electron chi connectivity index (χ4n) is 5.77. The molecule has 0 saturated heterocycles. The zero-order valence-electron chi connectivity index (χ0n) is 23.7. The third-order valence-electron chi connectivity index (χ3n) is 7.77. The number of rotatable bonds is 9. The van der Waals surface area contributed by atoms with E-state index in [4.69, 9.17) is 14.5 Å². The van der Waals surface area contributed by atoms with Crippen LogP contribution in [0.1, 0.15) is 71.1 Å². The first kappa shape index (κ1) is 30.9. The molecule has 1 amide bonds. The van der Waals surface area contributed by atoms with Crippen LogP contribution in [0.3, 0.4) is 0 Å². The van der Waals surface area contributed by atoms with Gasteiger partial charge in [-0.1, -0.05) is 18.2 Å². The molecule has 5 rings (SSSR count). The molecule has 43 heavy (non-hydrogen) atoms. The highest BCUT2D eigenvalue weighted by molar-refractivity contribution is 7.50. The fourth-order valence-corrected chi connectivity index (χ4v) is 6.46. The summed E-state index contributed by atoms with van der Waals surface area (Å²) in [6.07, 6.45) is -0.692. The second-order valence-corrected chi connectivity index (χ2v) is 12.5. The highest BCUT2D eigenvalue weighted by Gasteiger charge is 2.37. The van der Waals surface area contributed by atoms with Crippen molar-refractivity contribution in [2.75, 3.05) is 24.3 Å². The standard InChI is InChI=1S/C29H33F3N5O5P/c1-3-42-20-10-6-18(7-11-20)21-12-13-24(25-22(21)15-37(2)27(25)38)35-26-23(29(30,31)32)14-33-28(36-26)34-19-8-4-17(5-9-19)16-43(39,40)41/h4-5,8-9,12-14,18,20H,3,6-7,10-11,15-16H2,1-2H3,(H2,39,40,41)(H2,33,34,35,36)/t18-,20-. The molecule has 1 aromatic heterocycles. The molecular weight excluding hydrogens is 586 g/mol. The number of fused-ring (bicyclic) bond motifs is 1. The van der Waals surface area contributed by atoms with Crippen LogP contribution in [-0.2, 0) is 28.2 Å². The summed E-state index contributed by atoms with van der Waals surface area (Å²) < 4.78 is 59.0. The Hall–Kier alpha value is -3.51. The molecule has 230 valence electrons. The topological polar surface area (TPSA) is 137 Å². The number of aromatic nitrogens is 2. The van der Waals surface area contributed by atoms with E-state index in [1.54, 1.807) is 18.0 Å². The van der Waals surface area contributed by atoms with Crippen molar-refractivity contribution in [2.24, 2.45) is 0 Å². The lowest BCUT2D eigenvalue weighted by molar-refractivity contribution is -0.137. The minimum atomic E-state index is -4.77. The molecule has 0 atom stereocenters. The Morgan fingerprint density at radius 3 is 2.40 bits per heavy atom. The largest absolute Gasteiger partial charge is 0.421 e. The summed E-state index contributed by atoms with van der Waals surface area (Å²) in [4.78, 5) is 41.0. The summed E-state index contributed by atoms with van der Waals surface area (Å²) in [6.45, 7) is 3.00. The van der Waals surface area contributed by atoms with Crippen molar-refractivity contribution in [1.29, 1.82) is 0 Å². The van der Waals surface area contributed by atoms with Gasteiger partial charge in [-0.05, 0) is 73.4 Å². The molecule has 10 nitrogen and oxygen atoms in total. The Bertz CT molecular complexity index is 1540. The van der Waals surface area contributed by atoms with Crippen LogP contribution in [0.2, 0.25) is 0 Å². The van der Waals surface area contributed by atoms with Crippen molar-refractivity contribution < 1.29 is 37.1 Å². The van der Waals surface area contributed by atoms with Crippen molar-refractivity contribution in [3.05, 3.63) is 70.4 Å². The second kappa shape index (κ2) is 12.2. The summed E-state index contributed by atoms with van der Waals surface area (Å²) in [7, 11) is -2.59. The molecule has 4 N–H and O–H groups in total. The predicted molar refractivity (Wildman–Crippen MR) is 155 cm³/mol. The zero-order valence-corrected chi connectivity index (χ0v) is 24.6. The maximum absolute atomic E-state index is 14.0. The van der Waals surface area contributed by atoms with Gasteiger partial charge in [0.25, 0.3) is 5.91 Å². The van der Waals surface area contributed by atoms with Gasteiger partial charge in [0.2, 0.25) is 5.95 Å². The molecule has 0 spiro atoms. The van der Waals surface area contributed by atoms with Crippen LogP contribution in [-0.4, -0.2) is 50.3 Å². The SMILES string of the molecule is CCO[C@H]1CC[C@H](c2ccc(Nc3nc(Nc4ccc(CP(=O)(O)O)cc4)ncc3C(F)(F)F)c3c2CN(C)C3=O)CC1. The van der Waals surface area contributed by atoms with Crippen LogP contribution in [0.5, 0.6) is 0 Å². The number of nitrogens with zero attached hydrogens (tertiary/aromatic N) is 3. The molecule has 2 heterocycles. The molecule has 1 fully saturated rings. The van der Waals surface area contributed by atoms with Crippen LogP contribution in [0.25, 0.3) is 0 Å². The van der Waals surface area contributed by atoms with Crippen molar-refractivity contribution >= 4 is 36.6 Å². The number of anilines is 4. The van der Waals surface area contributed by atoms with Crippen LogP contribution in [0.15, 0.2) is 42.6 Å². The lowest BCUT2D eigenvalue weighted by Crippen LogP contribution is -2.21. The first-order chi connectivity index (χ1) is 20.3. The van der Waals surface area contributed by atoms with Gasteiger partial charge >= 0.3 is 13.8 Å². The fraction of sp³-hybridized carbons (Fsp3) is 0.414. The molecule has 2 aromatic carbocycles. The number of halogens is 3. The molecule has 3 aromatic rings. The minimum Gasteiger partial charge on any atom is -0.379 e. The molecule has 2 aliphatic rings. The third kappa shape index (κ3) is 7.18. The summed E-state index contributed by atoms with van der Waals surface area (Å²) in [5, 5.41) is 5.60. The number of hydrogen-bond acceptors (Lipinski definition) is 7. The van der Waals surface area contributed by atoms with Gasteiger partial charge in [-0.3, -0.25) is 9.36 Å².